The van der Waals surface area contributed by atoms with Crippen molar-refractivity contribution in [2.24, 2.45) is 0 Å². The zero-order valence-corrected chi connectivity index (χ0v) is 12.0. The number of rotatable bonds is 6. The van der Waals surface area contributed by atoms with Crippen molar-refractivity contribution >= 4 is 11.7 Å². The molecule has 0 aliphatic rings. The van der Waals surface area contributed by atoms with Gasteiger partial charge in [0.05, 0.1) is 24.4 Å². The summed E-state index contributed by atoms with van der Waals surface area (Å²) in [6.07, 6.45) is 4.28. The Hall–Kier alpha value is -2.62. The SMILES string of the molecule is C=CCC(Nc1ccccc1C(=O)OC)c1ccccn1. The van der Waals surface area contributed by atoms with Gasteiger partial charge in [-0.05, 0) is 30.7 Å². The van der Waals surface area contributed by atoms with Gasteiger partial charge in [0.2, 0.25) is 0 Å². The van der Waals surface area contributed by atoms with E-state index >= 15 is 0 Å². The number of aromatic nitrogens is 1. The highest BCUT2D eigenvalue weighted by Crippen LogP contribution is 2.24. The van der Waals surface area contributed by atoms with E-state index in [2.05, 4.69) is 16.9 Å². The molecule has 1 heterocycles. The molecule has 0 radical (unpaired) electrons. The van der Waals surface area contributed by atoms with Crippen LogP contribution in [0, 0.1) is 0 Å². The Morgan fingerprint density at radius 2 is 2.10 bits per heavy atom. The van der Waals surface area contributed by atoms with Gasteiger partial charge in [-0.2, -0.15) is 0 Å². The highest BCUT2D eigenvalue weighted by molar-refractivity contribution is 5.95. The fourth-order valence-electron chi connectivity index (χ4n) is 2.09. The number of methoxy groups -OCH3 is 1. The smallest absolute Gasteiger partial charge is 0.339 e. The van der Waals surface area contributed by atoms with E-state index in [1.54, 1.807) is 18.3 Å². The molecule has 0 bridgehead atoms. The van der Waals surface area contributed by atoms with Crippen LogP contribution in [0.4, 0.5) is 5.69 Å². The minimum Gasteiger partial charge on any atom is -0.465 e. The highest BCUT2D eigenvalue weighted by atomic mass is 16.5. The van der Waals surface area contributed by atoms with Crippen LogP contribution >= 0.6 is 0 Å². The first-order valence-corrected chi connectivity index (χ1v) is 6.72. The van der Waals surface area contributed by atoms with Crippen LogP contribution in [0.5, 0.6) is 0 Å². The molecule has 1 aromatic carbocycles. The summed E-state index contributed by atoms with van der Waals surface area (Å²) < 4.78 is 4.81. The lowest BCUT2D eigenvalue weighted by atomic mass is 10.1. The van der Waals surface area contributed by atoms with Crippen molar-refractivity contribution in [1.82, 2.24) is 4.98 Å². The fraction of sp³-hybridized carbons (Fsp3) is 0.176. The number of ether oxygens (including phenoxy) is 1. The first kappa shape index (κ1) is 14.8. The summed E-state index contributed by atoms with van der Waals surface area (Å²) in [4.78, 5) is 16.2. The van der Waals surface area contributed by atoms with E-state index in [1.165, 1.54) is 7.11 Å². The maximum absolute atomic E-state index is 11.8. The number of hydrogen-bond acceptors (Lipinski definition) is 4. The summed E-state index contributed by atoms with van der Waals surface area (Å²) in [5.74, 6) is -0.364. The zero-order chi connectivity index (χ0) is 15.1. The third-order valence-electron chi connectivity index (χ3n) is 3.11. The molecule has 21 heavy (non-hydrogen) atoms. The van der Waals surface area contributed by atoms with Gasteiger partial charge in [-0.3, -0.25) is 4.98 Å². The van der Waals surface area contributed by atoms with E-state index in [4.69, 9.17) is 4.74 Å². The molecule has 1 atom stereocenters. The van der Waals surface area contributed by atoms with Gasteiger partial charge in [0.25, 0.3) is 0 Å². The van der Waals surface area contributed by atoms with Crippen LogP contribution in [0.3, 0.4) is 0 Å². The van der Waals surface area contributed by atoms with Crippen LogP contribution in [0.2, 0.25) is 0 Å². The largest absolute Gasteiger partial charge is 0.465 e. The average Bonchev–Trinajstić information content (AvgIpc) is 2.55. The van der Waals surface area contributed by atoms with E-state index < -0.39 is 0 Å². The molecule has 4 heteroatoms. The van der Waals surface area contributed by atoms with Crippen molar-refractivity contribution in [3.05, 3.63) is 72.6 Å². The fourth-order valence-corrected chi connectivity index (χ4v) is 2.09. The second-order valence-corrected chi connectivity index (χ2v) is 4.51. The van der Waals surface area contributed by atoms with Crippen LogP contribution in [0.1, 0.15) is 28.5 Å². The normalized spacial score (nSPS) is 11.5. The predicted molar refractivity (Wildman–Crippen MR) is 83.2 cm³/mol. The summed E-state index contributed by atoms with van der Waals surface area (Å²) in [6, 6.07) is 13.0. The van der Waals surface area contributed by atoms with E-state index in [1.807, 2.05) is 36.4 Å². The molecule has 0 saturated heterocycles. The predicted octanol–water partition coefficient (Wildman–Crippen LogP) is 3.60. The van der Waals surface area contributed by atoms with Crippen molar-refractivity contribution in [3.8, 4) is 0 Å². The van der Waals surface area contributed by atoms with Gasteiger partial charge in [0, 0.05) is 11.9 Å². The molecule has 1 N–H and O–H groups in total. The highest BCUT2D eigenvalue weighted by Gasteiger charge is 2.16. The number of anilines is 1. The van der Waals surface area contributed by atoms with E-state index in [-0.39, 0.29) is 12.0 Å². The number of carbonyl (C=O) groups excluding carboxylic acids is 1. The number of benzene rings is 1. The number of para-hydroxylation sites is 1. The molecule has 4 nitrogen and oxygen atoms in total. The molecular formula is C17H18N2O2. The molecule has 108 valence electrons. The average molecular weight is 282 g/mol. The first-order chi connectivity index (χ1) is 10.3. The van der Waals surface area contributed by atoms with Crippen molar-refractivity contribution in [2.45, 2.75) is 12.5 Å². The molecule has 2 rings (SSSR count). The van der Waals surface area contributed by atoms with Crippen LogP contribution in [-0.4, -0.2) is 18.1 Å². The van der Waals surface area contributed by atoms with Gasteiger partial charge in [-0.25, -0.2) is 4.79 Å². The van der Waals surface area contributed by atoms with Gasteiger partial charge >= 0.3 is 5.97 Å². The Morgan fingerprint density at radius 1 is 1.33 bits per heavy atom. The summed E-state index contributed by atoms with van der Waals surface area (Å²) in [5, 5.41) is 3.35. The Kier molecular flexibility index (Phi) is 5.10. The second kappa shape index (κ2) is 7.24. The monoisotopic (exact) mass is 282 g/mol. The lowest BCUT2D eigenvalue weighted by Gasteiger charge is -2.19. The van der Waals surface area contributed by atoms with E-state index in [9.17, 15) is 4.79 Å². The molecule has 0 amide bonds. The van der Waals surface area contributed by atoms with Gasteiger partial charge in [-0.15, -0.1) is 6.58 Å². The van der Waals surface area contributed by atoms with E-state index in [0.717, 1.165) is 11.4 Å². The molecule has 0 fully saturated rings. The molecule has 0 saturated carbocycles. The Balaban J connectivity index is 2.29. The molecule has 1 unspecified atom stereocenters. The van der Waals surface area contributed by atoms with Crippen molar-refractivity contribution in [3.63, 3.8) is 0 Å². The van der Waals surface area contributed by atoms with Gasteiger partial charge < -0.3 is 10.1 Å². The van der Waals surface area contributed by atoms with Crippen molar-refractivity contribution < 1.29 is 9.53 Å². The quantitative estimate of drug-likeness (QED) is 0.649. The number of hydrogen-bond donors (Lipinski definition) is 1. The van der Waals surface area contributed by atoms with Gasteiger partial charge in [0.15, 0.2) is 0 Å². The molecule has 0 aliphatic heterocycles. The van der Waals surface area contributed by atoms with Crippen molar-refractivity contribution in [2.75, 3.05) is 12.4 Å². The summed E-state index contributed by atoms with van der Waals surface area (Å²) >= 11 is 0. The van der Waals surface area contributed by atoms with Crippen molar-refractivity contribution in [1.29, 1.82) is 0 Å². The standard InChI is InChI=1S/C17H18N2O2/c1-3-8-16(15-11-6-7-12-18-15)19-14-10-5-4-9-13(14)17(20)21-2/h3-7,9-12,16,19H,1,8H2,2H3. The van der Waals surface area contributed by atoms with Gasteiger partial charge in [-0.1, -0.05) is 24.3 Å². The molecule has 2 aromatic rings. The molecule has 0 aliphatic carbocycles. The number of nitrogens with zero attached hydrogens (tertiary/aromatic N) is 1. The number of carbonyl (C=O) groups is 1. The minimum atomic E-state index is -0.364. The number of nitrogens with one attached hydrogen (secondary N) is 1. The Morgan fingerprint density at radius 3 is 2.76 bits per heavy atom. The maximum atomic E-state index is 11.8. The third-order valence-corrected chi connectivity index (χ3v) is 3.11. The minimum absolute atomic E-state index is 0.0468. The zero-order valence-electron chi connectivity index (χ0n) is 12.0. The lowest BCUT2D eigenvalue weighted by molar-refractivity contribution is 0.0602. The summed E-state index contributed by atoms with van der Waals surface area (Å²) in [5.41, 5.74) is 2.13. The molecule has 0 spiro atoms. The van der Waals surface area contributed by atoms with Crippen LogP contribution in [0.15, 0.2) is 61.3 Å². The van der Waals surface area contributed by atoms with Crippen LogP contribution in [-0.2, 0) is 4.74 Å². The van der Waals surface area contributed by atoms with Crippen LogP contribution < -0.4 is 5.32 Å². The summed E-state index contributed by atoms with van der Waals surface area (Å²) in [6.45, 7) is 3.78. The maximum Gasteiger partial charge on any atom is 0.339 e. The number of esters is 1. The second-order valence-electron chi connectivity index (χ2n) is 4.51. The first-order valence-electron chi connectivity index (χ1n) is 6.72. The summed E-state index contributed by atoms with van der Waals surface area (Å²) in [7, 11) is 1.37. The lowest BCUT2D eigenvalue weighted by Crippen LogP contribution is -2.14. The third kappa shape index (κ3) is 3.69. The van der Waals surface area contributed by atoms with E-state index in [0.29, 0.717) is 12.0 Å². The Labute approximate surface area is 124 Å². The Bertz CT molecular complexity index is 611. The number of pyridine rings is 1. The molecule has 1 aromatic heterocycles. The topological polar surface area (TPSA) is 51.2 Å². The van der Waals surface area contributed by atoms with Gasteiger partial charge in [0.1, 0.15) is 0 Å². The molecular weight excluding hydrogens is 264 g/mol. The van der Waals surface area contributed by atoms with Crippen LogP contribution in [0.25, 0.3) is 0 Å².